The first-order chi connectivity index (χ1) is 14.3. The fourth-order valence-corrected chi connectivity index (χ4v) is 4.23. The van der Waals surface area contributed by atoms with E-state index in [-0.39, 0.29) is 5.82 Å². The zero-order valence-corrected chi connectivity index (χ0v) is 16.9. The van der Waals surface area contributed by atoms with Gasteiger partial charge in [0.25, 0.3) is 0 Å². The van der Waals surface area contributed by atoms with Crippen LogP contribution in [0.3, 0.4) is 0 Å². The van der Waals surface area contributed by atoms with Crippen LogP contribution in [0.2, 0.25) is 0 Å². The van der Waals surface area contributed by atoms with Gasteiger partial charge in [0.15, 0.2) is 0 Å². The lowest BCUT2D eigenvalue weighted by molar-refractivity contribution is 0.0597. The highest BCUT2D eigenvalue weighted by molar-refractivity contribution is 5.18. The molecule has 0 aromatic heterocycles. The topological polar surface area (TPSA) is 6.48 Å². The van der Waals surface area contributed by atoms with E-state index in [1.165, 1.54) is 16.7 Å². The molecule has 1 aliphatic rings. The number of aryl methyl sites for hydroxylation is 1. The molecule has 0 bridgehead atoms. The van der Waals surface area contributed by atoms with Crippen molar-refractivity contribution in [1.29, 1.82) is 0 Å². The molecule has 1 fully saturated rings. The van der Waals surface area contributed by atoms with Crippen LogP contribution in [0.4, 0.5) is 4.39 Å². The fourth-order valence-electron chi connectivity index (χ4n) is 4.23. The second-order valence-corrected chi connectivity index (χ2v) is 8.00. The minimum absolute atomic E-state index is 0.161. The third-order valence-corrected chi connectivity index (χ3v) is 5.85. The molecule has 150 valence electrons. The summed E-state index contributed by atoms with van der Waals surface area (Å²) in [6.45, 7) is 5.24. The Morgan fingerprint density at radius 1 is 0.690 bits per heavy atom. The Hall–Kier alpha value is -2.49. The molecule has 1 unspecified atom stereocenters. The molecule has 1 saturated heterocycles. The molecule has 3 heteroatoms. The van der Waals surface area contributed by atoms with Gasteiger partial charge in [-0.25, -0.2) is 4.39 Å². The van der Waals surface area contributed by atoms with Gasteiger partial charge in [-0.15, -0.1) is 0 Å². The summed E-state index contributed by atoms with van der Waals surface area (Å²) in [4.78, 5) is 5.20. The first-order valence-electron chi connectivity index (χ1n) is 10.5. The van der Waals surface area contributed by atoms with Crippen molar-refractivity contribution in [1.82, 2.24) is 9.80 Å². The van der Waals surface area contributed by atoms with Gasteiger partial charge in [0.1, 0.15) is 5.82 Å². The zero-order chi connectivity index (χ0) is 19.9. The van der Waals surface area contributed by atoms with E-state index in [4.69, 9.17) is 0 Å². The molecule has 1 heterocycles. The second-order valence-electron chi connectivity index (χ2n) is 8.00. The van der Waals surface area contributed by atoms with Crippen molar-refractivity contribution in [2.24, 2.45) is 0 Å². The smallest absolute Gasteiger partial charge is 0.123 e. The Morgan fingerprint density at radius 2 is 1.31 bits per heavy atom. The average Bonchev–Trinajstić information content (AvgIpc) is 2.76. The van der Waals surface area contributed by atoms with E-state index in [2.05, 4.69) is 70.5 Å². The van der Waals surface area contributed by atoms with Gasteiger partial charge in [-0.1, -0.05) is 72.8 Å². The Balaban J connectivity index is 1.43. The van der Waals surface area contributed by atoms with Crippen molar-refractivity contribution >= 4 is 0 Å². The second kappa shape index (κ2) is 9.82. The Labute approximate surface area is 173 Å². The van der Waals surface area contributed by atoms with Crippen molar-refractivity contribution in [2.45, 2.75) is 32.0 Å². The lowest BCUT2D eigenvalue weighted by atomic mass is 10.0. The van der Waals surface area contributed by atoms with E-state index in [9.17, 15) is 4.39 Å². The van der Waals surface area contributed by atoms with Gasteiger partial charge in [0.2, 0.25) is 0 Å². The molecule has 29 heavy (non-hydrogen) atoms. The largest absolute Gasteiger partial charge is 0.296 e. The van der Waals surface area contributed by atoms with E-state index in [0.717, 1.165) is 45.6 Å². The monoisotopic (exact) mass is 388 g/mol. The minimum atomic E-state index is -0.161. The third kappa shape index (κ3) is 5.75. The number of piperazine rings is 1. The molecule has 0 saturated carbocycles. The van der Waals surface area contributed by atoms with Gasteiger partial charge in [-0.3, -0.25) is 9.80 Å². The summed E-state index contributed by atoms with van der Waals surface area (Å²) in [5, 5.41) is 0. The van der Waals surface area contributed by atoms with Gasteiger partial charge in [-0.05, 0) is 41.7 Å². The Morgan fingerprint density at radius 3 is 1.97 bits per heavy atom. The summed E-state index contributed by atoms with van der Waals surface area (Å²) >= 11 is 0. The van der Waals surface area contributed by atoms with E-state index >= 15 is 0 Å². The summed E-state index contributed by atoms with van der Waals surface area (Å²) in [5.74, 6) is -0.161. The van der Waals surface area contributed by atoms with Crippen LogP contribution in [0.15, 0.2) is 84.9 Å². The van der Waals surface area contributed by atoms with E-state index in [0.29, 0.717) is 6.04 Å². The molecule has 3 aromatic rings. The Bertz CT molecular complexity index is 864. The number of benzene rings is 3. The molecule has 0 amide bonds. The maximum Gasteiger partial charge on any atom is 0.123 e. The molecule has 0 spiro atoms. The van der Waals surface area contributed by atoms with Crippen LogP contribution in [-0.4, -0.2) is 35.5 Å². The summed E-state index contributed by atoms with van der Waals surface area (Å²) in [6.07, 6.45) is 2.07. The van der Waals surface area contributed by atoms with Gasteiger partial charge >= 0.3 is 0 Å². The van der Waals surface area contributed by atoms with Crippen LogP contribution in [0.25, 0.3) is 0 Å². The Kier molecular flexibility index (Phi) is 6.71. The van der Waals surface area contributed by atoms with Crippen molar-refractivity contribution < 1.29 is 4.39 Å². The number of hydrogen-bond acceptors (Lipinski definition) is 2. The highest BCUT2D eigenvalue weighted by atomic mass is 19.1. The van der Waals surface area contributed by atoms with Crippen molar-refractivity contribution in [3.05, 3.63) is 107 Å². The van der Waals surface area contributed by atoms with Gasteiger partial charge in [-0.2, -0.15) is 0 Å². The molecule has 2 nitrogen and oxygen atoms in total. The first-order valence-corrected chi connectivity index (χ1v) is 10.5. The van der Waals surface area contributed by atoms with Crippen molar-refractivity contribution in [3.63, 3.8) is 0 Å². The number of rotatable bonds is 7. The maximum absolute atomic E-state index is 13.2. The van der Waals surface area contributed by atoms with Gasteiger partial charge < -0.3 is 0 Å². The first kappa shape index (κ1) is 19.8. The maximum atomic E-state index is 13.2. The van der Waals surface area contributed by atoms with Gasteiger partial charge in [0.05, 0.1) is 0 Å². The van der Waals surface area contributed by atoms with Crippen LogP contribution in [-0.2, 0) is 19.5 Å². The zero-order valence-electron chi connectivity index (χ0n) is 16.9. The summed E-state index contributed by atoms with van der Waals surface area (Å²) < 4.78 is 13.2. The molecule has 3 aromatic carbocycles. The predicted octanol–water partition coefficient (Wildman–Crippen LogP) is 5.14. The van der Waals surface area contributed by atoms with Crippen LogP contribution in [0, 0.1) is 5.82 Å². The van der Waals surface area contributed by atoms with E-state index in [1.807, 2.05) is 12.1 Å². The fraction of sp³-hybridized carbons (Fsp3) is 0.308. The summed E-state index contributed by atoms with van der Waals surface area (Å²) in [5.41, 5.74) is 3.96. The molecule has 0 radical (unpaired) electrons. The molecule has 0 aliphatic carbocycles. The van der Waals surface area contributed by atoms with Crippen molar-refractivity contribution in [2.75, 3.05) is 19.6 Å². The van der Waals surface area contributed by atoms with Gasteiger partial charge in [0, 0.05) is 38.8 Å². The number of halogens is 1. The lowest BCUT2D eigenvalue weighted by Gasteiger charge is -2.42. The summed E-state index contributed by atoms with van der Waals surface area (Å²) in [7, 11) is 0. The minimum Gasteiger partial charge on any atom is -0.296 e. The molecular formula is C26H29FN2. The van der Waals surface area contributed by atoms with Crippen molar-refractivity contribution in [3.8, 4) is 0 Å². The highest BCUT2D eigenvalue weighted by Gasteiger charge is 2.26. The normalized spacial score (nSPS) is 18.0. The standard InChI is InChI=1S/C26H29FN2/c27-25-14-11-22(12-15-25)13-16-26-21-28(19-23-7-3-1-4-8-23)17-18-29(26)20-24-9-5-2-6-10-24/h1-12,14-15,26H,13,16-21H2. The highest BCUT2D eigenvalue weighted by Crippen LogP contribution is 2.20. The molecule has 0 N–H and O–H groups in total. The SMILES string of the molecule is Fc1ccc(CCC2CN(Cc3ccccc3)CCN2Cc2ccccc2)cc1. The van der Waals surface area contributed by atoms with Crippen LogP contribution in [0.5, 0.6) is 0 Å². The summed E-state index contributed by atoms with van der Waals surface area (Å²) in [6, 6.07) is 29.0. The van der Waals surface area contributed by atoms with Crippen LogP contribution in [0.1, 0.15) is 23.1 Å². The van der Waals surface area contributed by atoms with E-state index in [1.54, 1.807) is 12.1 Å². The number of hydrogen-bond donors (Lipinski definition) is 0. The van der Waals surface area contributed by atoms with E-state index < -0.39 is 0 Å². The molecule has 1 aliphatic heterocycles. The van der Waals surface area contributed by atoms with Crippen LogP contribution >= 0.6 is 0 Å². The number of nitrogens with zero attached hydrogens (tertiary/aromatic N) is 2. The third-order valence-electron chi connectivity index (χ3n) is 5.85. The van der Waals surface area contributed by atoms with Crippen LogP contribution < -0.4 is 0 Å². The average molecular weight is 389 g/mol. The predicted molar refractivity (Wildman–Crippen MR) is 117 cm³/mol. The molecule has 1 atom stereocenters. The molecular weight excluding hydrogens is 359 g/mol. The lowest BCUT2D eigenvalue weighted by Crippen LogP contribution is -2.52. The quantitative estimate of drug-likeness (QED) is 0.553. The molecule has 4 rings (SSSR count).